The fourth-order valence-electron chi connectivity index (χ4n) is 3.82. The van der Waals surface area contributed by atoms with Crippen molar-refractivity contribution >= 4 is 28.6 Å². The number of nitrogens with one attached hydrogen (secondary N) is 1. The standard InChI is InChI=1S/C28H29N3O3S/c1-5-13-29-26(32)20-11-12-24-25(15-20)30-28(35-17-21-14-18(2)9-10-19(21)3)31(27(24)33)22-7-6-8-23(16-22)34-4/h6-12,14-16H,5,13,17H2,1-4H3,(H,29,32). The highest BCUT2D eigenvalue weighted by Crippen LogP contribution is 2.27. The van der Waals surface area contributed by atoms with Gasteiger partial charge in [-0.2, -0.15) is 0 Å². The quantitative estimate of drug-likeness (QED) is 0.265. The number of thioether (sulfide) groups is 1. The number of rotatable bonds is 8. The number of amides is 1. The number of nitrogens with zero attached hydrogens (tertiary/aromatic N) is 2. The molecule has 0 unspecified atom stereocenters. The Bertz CT molecular complexity index is 1450. The number of carbonyl (C=O) groups excluding carboxylic acids is 1. The summed E-state index contributed by atoms with van der Waals surface area (Å²) >= 11 is 1.50. The van der Waals surface area contributed by atoms with E-state index in [4.69, 9.17) is 9.72 Å². The molecule has 0 atom stereocenters. The van der Waals surface area contributed by atoms with E-state index in [2.05, 4.69) is 37.4 Å². The number of methoxy groups -OCH3 is 1. The molecule has 0 radical (unpaired) electrons. The van der Waals surface area contributed by atoms with Crippen LogP contribution < -0.4 is 15.6 Å². The van der Waals surface area contributed by atoms with Crippen LogP contribution in [0.15, 0.2) is 70.6 Å². The predicted molar refractivity (Wildman–Crippen MR) is 142 cm³/mol. The van der Waals surface area contributed by atoms with Crippen LogP contribution in [0.1, 0.15) is 40.4 Å². The molecule has 1 heterocycles. The van der Waals surface area contributed by atoms with Crippen LogP contribution in [0.5, 0.6) is 5.75 Å². The number of benzene rings is 3. The van der Waals surface area contributed by atoms with Crippen LogP contribution in [0.2, 0.25) is 0 Å². The Balaban J connectivity index is 1.84. The number of hydrogen-bond acceptors (Lipinski definition) is 5. The number of aromatic nitrogens is 2. The van der Waals surface area contributed by atoms with Gasteiger partial charge in [-0.1, -0.05) is 48.5 Å². The molecule has 6 nitrogen and oxygen atoms in total. The van der Waals surface area contributed by atoms with E-state index in [-0.39, 0.29) is 11.5 Å². The minimum absolute atomic E-state index is 0.169. The van der Waals surface area contributed by atoms with E-state index in [1.165, 1.54) is 28.5 Å². The molecule has 4 rings (SSSR count). The summed E-state index contributed by atoms with van der Waals surface area (Å²) in [6, 6.07) is 18.8. The summed E-state index contributed by atoms with van der Waals surface area (Å²) in [5.74, 6) is 1.14. The Hall–Kier alpha value is -3.58. The molecule has 3 aromatic carbocycles. The van der Waals surface area contributed by atoms with Gasteiger partial charge in [-0.05, 0) is 61.7 Å². The lowest BCUT2D eigenvalue weighted by atomic mass is 10.1. The summed E-state index contributed by atoms with van der Waals surface area (Å²) < 4.78 is 7.01. The minimum Gasteiger partial charge on any atom is -0.497 e. The third-order valence-corrected chi connectivity index (χ3v) is 6.80. The third-order valence-electron chi connectivity index (χ3n) is 5.81. The van der Waals surface area contributed by atoms with Crippen LogP contribution in [0.4, 0.5) is 0 Å². The molecule has 0 fully saturated rings. The molecule has 1 aromatic heterocycles. The van der Waals surface area contributed by atoms with Gasteiger partial charge in [-0.25, -0.2) is 4.98 Å². The second-order valence-electron chi connectivity index (χ2n) is 8.44. The molecule has 0 saturated carbocycles. The van der Waals surface area contributed by atoms with Crippen LogP contribution in [0.3, 0.4) is 0 Å². The molecular weight excluding hydrogens is 458 g/mol. The summed E-state index contributed by atoms with van der Waals surface area (Å²) in [6.45, 7) is 6.75. The van der Waals surface area contributed by atoms with Crippen molar-refractivity contribution in [2.45, 2.75) is 38.1 Å². The van der Waals surface area contributed by atoms with Crippen molar-refractivity contribution in [1.82, 2.24) is 14.9 Å². The first kappa shape index (κ1) is 24.5. The highest BCUT2D eigenvalue weighted by molar-refractivity contribution is 7.98. The van der Waals surface area contributed by atoms with Crippen molar-refractivity contribution in [2.75, 3.05) is 13.7 Å². The minimum atomic E-state index is -0.188. The Labute approximate surface area is 209 Å². The maximum Gasteiger partial charge on any atom is 0.266 e. The first-order valence-corrected chi connectivity index (χ1v) is 12.6. The monoisotopic (exact) mass is 487 g/mol. The van der Waals surface area contributed by atoms with Crippen LogP contribution in [0.25, 0.3) is 16.6 Å². The summed E-state index contributed by atoms with van der Waals surface area (Å²) in [4.78, 5) is 31.1. The fraction of sp³-hybridized carbons (Fsp3) is 0.250. The average Bonchev–Trinajstić information content (AvgIpc) is 2.87. The third kappa shape index (κ3) is 5.41. The first-order valence-electron chi connectivity index (χ1n) is 11.6. The Morgan fingerprint density at radius 1 is 1.09 bits per heavy atom. The normalized spacial score (nSPS) is 11.0. The molecular formula is C28H29N3O3S. The molecule has 35 heavy (non-hydrogen) atoms. The van der Waals surface area contributed by atoms with E-state index in [0.717, 1.165) is 6.42 Å². The molecule has 7 heteroatoms. The van der Waals surface area contributed by atoms with Crippen LogP contribution in [0, 0.1) is 13.8 Å². The van der Waals surface area contributed by atoms with E-state index in [1.807, 2.05) is 31.2 Å². The van der Waals surface area contributed by atoms with Crippen molar-refractivity contribution in [3.8, 4) is 11.4 Å². The smallest absolute Gasteiger partial charge is 0.266 e. The van der Waals surface area contributed by atoms with Crippen molar-refractivity contribution in [3.63, 3.8) is 0 Å². The Morgan fingerprint density at radius 3 is 2.69 bits per heavy atom. The SMILES string of the molecule is CCCNC(=O)c1ccc2c(=O)n(-c3cccc(OC)c3)c(SCc3cc(C)ccc3C)nc2c1. The van der Waals surface area contributed by atoms with Gasteiger partial charge in [0, 0.05) is 23.9 Å². The maximum absolute atomic E-state index is 13.7. The van der Waals surface area contributed by atoms with E-state index in [1.54, 1.807) is 29.9 Å². The van der Waals surface area contributed by atoms with Gasteiger partial charge in [0.2, 0.25) is 0 Å². The number of hydrogen-bond donors (Lipinski definition) is 1. The highest BCUT2D eigenvalue weighted by atomic mass is 32.2. The zero-order valence-electron chi connectivity index (χ0n) is 20.4. The summed E-state index contributed by atoms with van der Waals surface area (Å²) in [5.41, 5.74) is 5.04. The van der Waals surface area contributed by atoms with Crippen molar-refractivity contribution in [3.05, 3.63) is 93.3 Å². The molecule has 0 aliphatic heterocycles. The lowest BCUT2D eigenvalue weighted by molar-refractivity contribution is 0.0953. The summed E-state index contributed by atoms with van der Waals surface area (Å²) in [5, 5.41) is 3.89. The fourth-order valence-corrected chi connectivity index (χ4v) is 4.90. The largest absolute Gasteiger partial charge is 0.497 e. The van der Waals surface area contributed by atoms with Gasteiger partial charge in [0.15, 0.2) is 5.16 Å². The topological polar surface area (TPSA) is 73.2 Å². The molecule has 0 aliphatic rings. The summed E-state index contributed by atoms with van der Waals surface area (Å²) in [7, 11) is 1.60. The summed E-state index contributed by atoms with van der Waals surface area (Å²) in [6.07, 6.45) is 0.849. The zero-order chi connectivity index (χ0) is 24.9. The highest BCUT2D eigenvalue weighted by Gasteiger charge is 2.16. The van der Waals surface area contributed by atoms with Crippen LogP contribution >= 0.6 is 11.8 Å². The Morgan fingerprint density at radius 2 is 1.91 bits per heavy atom. The van der Waals surface area contributed by atoms with Gasteiger partial charge >= 0.3 is 0 Å². The average molecular weight is 488 g/mol. The lowest BCUT2D eigenvalue weighted by Crippen LogP contribution is -2.25. The zero-order valence-corrected chi connectivity index (χ0v) is 21.2. The van der Waals surface area contributed by atoms with Crippen molar-refractivity contribution in [2.24, 2.45) is 0 Å². The van der Waals surface area contributed by atoms with E-state index in [9.17, 15) is 9.59 Å². The predicted octanol–water partition coefficient (Wildman–Crippen LogP) is 5.44. The number of ether oxygens (including phenoxy) is 1. The first-order chi connectivity index (χ1) is 16.9. The molecule has 0 saturated heterocycles. The second kappa shape index (κ2) is 10.8. The van der Waals surface area contributed by atoms with Crippen LogP contribution in [-0.2, 0) is 5.75 Å². The van der Waals surface area contributed by atoms with Gasteiger partial charge in [0.25, 0.3) is 11.5 Å². The van der Waals surface area contributed by atoms with Gasteiger partial charge in [-0.3, -0.25) is 14.2 Å². The number of aryl methyl sites for hydroxylation is 2. The molecule has 0 bridgehead atoms. The molecule has 1 amide bonds. The molecule has 180 valence electrons. The van der Waals surface area contributed by atoms with E-state index in [0.29, 0.717) is 45.4 Å². The van der Waals surface area contributed by atoms with Crippen molar-refractivity contribution in [1.29, 1.82) is 0 Å². The van der Waals surface area contributed by atoms with Crippen LogP contribution in [-0.4, -0.2) is 29.1 Å². The molecule has 0 spiro atoms. The van der Waals surface area contributed by atoms with Gasteiger partial charge in [0.1, 0.15) is 5.75 Å². The van der Waals surface area contributed by atoms with Gasteiger partial charge in [-0.15, -0.1) is 0 Å². The molecule has 1 N–H and O–H groups in total. The molecule has 0 aliphatic carbocycles. The molecule has 4 aromatic rings. The number of carbonyl (C=O) groups is 1. The maximum atomic E-state index is 13.7. The lowest BCUT2D eigenvalue weighted by Gasteiger charge is -2.15. The van der Waals surface area contributed by atoms with E-state index < -0.39 is 0 Å². The van der Waals surface area contributed by atoms with Gasteiger partial charge < -0.3 is 10.1 Å². The van der Waals surface area contributed by atoms with E-state index >= 15 is 0 Å². The Kier molecular flexibility index (Phi) is 7.56. The number of fused-ring (bicyclic) bond motifs is 1. The van der Waals surface area contributed by atoms with Gasteiger partial charge in [0.05, 0.1) is 23.7 Å². The van der Waals surface area contributed by atoms with Crippen molar-refractivity contribution < 1.29 is 9.53 Å². The second-order valence-corrected chi connectivity index (χ2v) is 9.39.